The molecule has 0 saturated carbocycles. The maximum Gasteiger partial charge on any atom is 0.244 e. The van der Waals surface area contributed by atoms with Crippen LogP contribution in [-0.2, 0) is 17.9 Å². The number of nitrogens with zero attached hydrogens (tertiary/aromatic N) is 4. The molecule has 1 heterocycles. The summed E-state index contributed by atoms with van der Waals surface area (Å²) in [6.07, 6.45) is 2.83. The van der Waals surface area contributed by atoms with Crippen LogP contribution in [-0.4, -0.2) is 32.6 Å². The Balaban J connectivity index is 1.97. The van der Waals surface area contributed by atoms with Crippen LogP contribution in [0.3, 0.4) is 0 Å². The quantitative estimate of drug-likeness (QED) is 0.813. The van der Waals surface area contributed by atoms with Crippen LogP contribution in [0.4, 0.5) is 4.39 Å². The fourth-order valence-electron chi connectivity index (χ4n) is 1.54. The zero-order valence-electron chi connectivity index (χ0n) is 9.95. The molecule has 2 rings (SSSR count). The molecular weight excluding hydrogens is 235 g/mol. The smallest absolute Gasteiger partial charge is 0.244 e. The van der Waals surface area contributed by atoms with Crippen molar-refractivity contribution in [3.8, 4) is 0 Å². The molecule has 1 amide bonds. The lowest BCUT2D eigenvalue weighted by molar-refractivity contribution is -0.131. The molecule has 0 unspecified atom stereocenters. The van der Waals surface area contributed by atoms with Crippen molar-refractivity contribution in [3.05, 3.63) is 48.3 Å². The molecule has 0 aliphatic rings. The van der Waals surface area contributed by atoms with Gasteiger partial charge in [0.15, 0.2) is 0 Å². The van der Waals surface area contributed by atoms with E-state index in [9.17, 15) is 9.18 Å². The highest BCUT2D eigenvalue weighted by Gasteiger charge is 2.12. The van der Waals surface area contributed by atoms with Crippen molar-refractivity contribution in [2.75, 3.05) is 7.05 Å². The number of hydrogen-bond donors (Lipinski definition) is 0. The number of carbonyl (C=O) groups excluding carboxylic acids is 1. The summed E-state index contributed by atoms with van der Waals surface area (Å²) in [5.74, 6) is -0.457. The molecule has 1 aromatic heterocycles. The maximum absolute atomic E-state index is 13.4. The van der Waals surface area contributed by atoms with Gasteiger partial charge in [-0.1, -0.05) is 18.2 Å². The SMILES string of the molecule is CN(Cc1ccccc1F)C(=O)Cn1cncn1. The van der Waals surface area contributed by atoms with Crippen LogP contribution in [0.5, 0.6) is 0 Å². The van der Waals surface area contributed by atoms with Gasteiger partial charge in [0.25, 0.3) is 0 Å². The van der Waals surface area contributed by atoms with Gasteiger partial charge in [-0.05, 0) is 6.07 Å². The van der Waals surface area contributed by atoms with E-state index in [-0.39, 0.29) is 24.8 Å². The molecule has 94 valence electrons. The summed E-state index contributed by atoms with van der Waals surface area (Å²) >= 11 is 0. The van der Waals surface area contributed by atoms with Crippen LogP contribution in [0.2, 0.25) is 0 Å². The van der Waals surface area contributed by atoms with Crippen molar-refractivity contribution >= 4 is 5.91 Å². The number of aromatic nitrogens is 3. The average molecular weight is 248 g/mol. The lowest BCUT2D eigenvalue weighted by Gasteiger charge is -2.17. The van der Waals surface area contributed by atoms with E-state index >= 15 is 0 Å². The fourth-order valence-corrected chi connectivity index (χ4v) is 1.54. The zero-order chi connectivity index (χ0) is 13.0. The average Bonchev–Trinajstić information content (AvgIpc) is 2.84. The Hall–Kier alpha value is -2.24. The van der Waals surface area contributed by atoms with E-state index in [1.807, 2.05) is 0 Å². The molecule has 0 aliphatic heterocycles. The van der Waals surface area contributed by atoms with Crippen molar-refractivity contribution in [2.24, 2.45) is 0 Å². The van der Waals surface area contributed by atoms with Crippen molar-refractivity contribution in [1.82, 2.24) is 19.7 Å². The van der Waals surface area contributed by atoms with Crippen molar-refractivity contribution < 1.29 is 9.18 Å². The number of hydrogen-bond acceptors (Lipinski definition) is 3. The van der Waals surface area contributed by atoms with E-state index < -0.39 is 0 Å². The minimum Gasteiger partial charge on any atom is -0.340 e. The van der Waals surface area contributed by atoms with E-state index in [0.29, 0.717) is 5.56 Å². The van der Waals surface area contributed by atoms with Crippen molar-refractivity contribution in [3.63, 3.8) is 0 Å². The summed E-state index contributed by atoms with van der Waals surface area (Å²) in [5, 5.41) is 3.85. The summed E-state index contributed by atoms with van der Waals surface area (Å²) in [6, 6.07) is 6.41. The highest BCUT2D eigenvalue weighted by atomic mass is 19.1. The molecular formula is C12H13FN4O. The van der Waals surface area contributed by atoms with Gasteiger partial charge in [-0.3, -0.25) is 4.79 Å². The lowest BCUT2D eigenvalue weighted by atomic mass is 10.2. The number of halogens is 1. The first-order valence-electron chi connectivity index (χ1n) is 5.46. The summed E-state index contributed by atoms with van der Waals surface area (Å²) in [5.41, 5.74) is 0.493. The number of amides is 1. The molecule has 0 aliphatic carbocycles. The standard InChI is InChI=1S/C12H13FN4O/c1-16(6-10-4-2-3-5-11(10)13)12(18)7-17-9-14-8-15-17/h2-5,8-9H,6-7H2,1H3. The van der Waals surface area contributed by atoms with E-state index in [0.717, 1.165) is 0 Å². The molecule has 0 radical (unpaired) electrons. The Morgan fingerprint density at radius 1 is 1.44 bits per heavy atom. The van der Waals surface area contributed by atoms with Gasteiger partial charge in [-0.15, -0.1) is 0 Å². The third kappa shape index (κ3) is 2.91. The number of rotatable bonds is 4. The molecule has 0 spiro atoms. The molecule has 2 aromatic rings. The minimum atomic E-state index is -0.307. The van der Waals surface area contributed by atoms with Crippen LogP contribution in [0.1, 0.15) is 5.56 Å². The molecule has 1 aromatic carbocycles. The largest absolute Gasteiger partial charge is 0.340 e. The monoisotopic (exact) mass is 248 g/mol. The maximum atomic E-state index is 13.4. The highest BCUT2D eigenvalue weighted by Crippen LogP contribution is 2.09. The summed E-state index contributed by atoms with van der Waals surface area (Å²) < 4.78 is 14.9. The number of likely N-dealkylation sites (N-methyl/N-ethyl adjacent to an activating group) is 1. The van der Waals surface area contributed by atoms with Gasteiger partial charge >= 0.3 is 0 Å². The van der Waals surface area contributed by atoms with Crippen LogP contribution in [0.25, 0.3) is 0 Å². The van der Waals surface area contributed by atoms with Gasteiger partial charge in [0.1, 0.15) is 25.0 Å². The van der Waals surface area contributed by atoms with Gasteiger partial charge in [0, 0.05) is 19.2 Å². The van der Waals surface area contributed by atoms with Crippen molar-refractivity contribution in [2.45, 2.75) is 13.1 Å². The predicted octanol–water partition coefficient (Wildman–Crippen LogP) is 1.08. The predicted molar refractivity (Wildman–Crippen MR) is 62.9 cm³/mol. The number of benzene rings is 1. The lowest BCUT2D eigenvalue weighted by Crippen LogP contribution is -2.30. The molecule has 0 fully saturated rings. The first-order chi connectivity index (χ1) is 8.66. The highest BCUT2D eigenvalue weighted by molar-refractivity contribution is 5.75. The molecule has 0 bridgehead atoms. The third-order valence-corrected chi connectivity index (χ3v) is 2.55. The zero-order valence-corrected chi connectivity index (χ0v) is 9.95. The van der Waals surface area contributed by atoms with Gasteiger partial charge in [-0.2, -0.15) is 5.10 Å². The molecule has 6 heteroatoms. The van der Waals surface area contributed by atoms with Gasteiger partial charge in [0.2, 0.25) is 5.91 Å². The molecule has 5 nitrogen and oxygen atoms in total. The molecule has 0 atom stereocenters. The molecule has 0 saturated heterocycles. The van der Waals surface area contributed by atoms with Crippen LogP contribution in [0.15, 0.2) is 36.9 Å². The van der Waals surface area contributed by atoms with E-state index in [4.69, 9.17) is 0 Å². The second-order valence-electron chi connectivity index (χ2n) is 3.93. The minimum absolute atomic E-state index is 0.102. The second-order valence-corrected chi connectivity index (χ2v) is 3.93. The van der Waals surface area contributed by atoms with Crippen LogP contribution >= 0.6 is 0 Å². The van der Waals surface area contributed by atoms with Crippen LogP contribution < -0.4 is 0 Å². The summed E-state index contributed by atoms with van der Waals surface area (Å²) in [6.45, 7) is 0.338. The fraction of sp³-hybridized carbons (Fsp3) is 0.250. The van der Waals surface area contributed by atoms with Gasteiger partial charge < -0.3 is 4.90 Å². The summed E-state index contributed by atoms with van der Waals surface area (Å²) in [7, 11) is 1.63. The van der Waals surface area contributed by atoms with E-state index in [1.54, 1.807) is 25.2 Å². The molecule has 18 heavy (non-hydrogen) atoms. The van der Waals surface area contributed by atoms with Crippen LogP contribution in [0, 0.1) is 5.82 Å². The third-order valence-electron chi connectivity index (χ3n) is 2.55. The topological polar surface area (TPSA) is 51.0 Å². The Morgan fingerprint density at radius 2 is 2.22 bits per heavy atom. The Bertz CT molecular complexity index is 527. The van der Waals surface area contributed by atoms with E-state index in [2.05, 4.69) is 10.1 Å². The first-order valence-corrected chi connectivity index (χ1v) is 5.46. The molecule has 0 N–H and O–H groups in total. The van der Waals surface area contributed by atoms with Gasteiger partial charge in [-0.25, -0.2) is 14.1 Å². The Labute approximate surface area is 104 Å². The Kier molecular flexibility index (Phi) is 3.66. The second kappa shape index (κ2) is 5.39. The Morgan fingerprint density at radius 3 is 2.89 bits per heavy atom. The number of carbonyl (C=O) groups is 1. The van der Waals surface area contributed by atoms with Gasteiger partial charge in [0.05, 0.1) is 0 Å². The normalized spacial score (nSPS) is 10.3. The summed E-state index contributed by atoms with van der Waals surface area (Å²) in [4.78, 5) is 17.1. The van der Waals surface area contributed by atoms with E-state index in [1.165, 1.54) is 28.3 Å². The first kappa shape index (κ1) is 12.2. The van der Waals surface area contributed by atoms with Crippen molar-refractivity contribution in [1.29, 1.82) is 0 Å².